The van der Waals surface area contributed by atoms with Crippen LogP contribution in [0.1, 0.15) is 12.5 Å². The summed E-state index contributed by atoms with van der Waals surface area (Å²) in [5.41, 5.74) is 6.42. The Balaban J connectivity index is 2.84. The summed E-state index contributed by atoms with van der Waals surface area (Å²) in [6.07, 6.45) is 0.728. The number of aryl methyl sites for hydroxylation is 1. The number of rotatable bonds is 2. The first-order chi connectivity index (χ1) is 7.04. The number of hydrogen-bond acceptors (Lipinski definition) is 4. The maximum Gasteiger partial charge on any atom is 0.394 e. The number of amides is 1. The Hall–Kier alpha value is -2.11. The van der Waals surface area contributed by atoms with E-state index in [4.69, 9.17) is 10.8 Å². The van der Waals surface area contributed by atoms with Crippen LogP contribution in [-0.4, -0.2) is 22.0 Å². The molecule has 0 spiro atoms. The normalized spacial score (nSPS) is 9.67. The molecule has 1 heterocycles. The van der Waals surface area contributed by atoms with Gasteiger partial charge in [0.2, 0.25) is 0 Å². The van der Waals surface area contributed by atoms with E-state index in [9.17, 15) is 9.59 Å². The molecule has 0 radical (unpaired) electrons. The van der Waals surface area contributed by atoms with Crippen molar-refractivity contribution in [3.63, 3.8) is 0 Å². The van der Waals surface area contributed by atoms with Crippen molar-refractivity contribution in [1.29, 1.82) is 0 Å². The van der Waals surface area contributed by atoms with Crippen LogP contribution in [0.2, 0.25) is 0 Å². The lowest BCUT2D eigenvalue weighted by molar-refractivity contribution is -0.147. The highest BCUT2D eigenvalue weighted by Gasteiger charge is 2.12. The van der Waals surface area contributed by atoms with Crippen molar-refractivity contribution in [1.82, 2.24) is 4.98 Å². The summed E-state index contributed by atoms with van der Waals surface area (Å²) in [5.74, 6) is -2.26. The van der Waals surface area contributed by atoms with Crippen LogP contribution < -0.4 is 11.1 Å². The molecule has 15 heavy (non-hydrogen) atoms. The fourth-order valence-corrected chi connectivity index (χ4v) is 1.04. The second-order valence-electron chi connectivity index (χ2n) is 2.85. The zero-order chi connectivity index (χ0) is 11.4. The summed E-state index contributed by atoms with van der Waals surface area (Å²) in [5, 5.41) is 10.4. The molecule has 0 saturated carbocycles. The van der Waals surface area contributed by atoms with Gasteiger partial charge in [0, 0.05) is 0 Å². The molecule has 4 N–H and O–H groups in total. The predicted molar refractivity (Wildman–Crippen MR) is 54.3 cm³/mol. The average molecular weight is 209 g/mol. The van der Waals surface area contributed by atoms with E-state index in [0.717, 1.165) is 12.0 Å². The third-order valence-corrected chi connectivity index (χ3v) is 1.83. The summed E-state index contributed by atoms with van der Waals surface area (Å²) < 4.78 is 0. The van der Waals surface area contributed by atoms with E-state index in [1.807, 2.05) is 6.92 Å². The number of nitrogen functional groups attached to an aromatic ring is 1. The molecule has 1 aromatic rings. The molecule has 6 heteroatoms. The Morgan fingerprint density at radius 2 is 2.20 bits per heavy atom. The number of carbonyl (C=O) groups excluding carboxylic acids is 1. The van der Waals surface area contributed by atoms with Gasteiger partial charge in [0.05, 0.1) is 0 Å². The zero-order valence-corrected chi connectivity index (χ0v) is 8.15. The fraction of sp³-hybridized carbons (Fsp3) is 0.222. The lowest BCUT2D eigenvalue weighted by atomic mass is 10.2. The van der Waals surface area contributed by atoms with Crippen LogP contribution in [0.25, 0.3) is 0 Å². The molecule has 80 valence electrons. The quantitative estimate of drug-likeness (QED) is 0.605. The summed E-state index contributed by atoms with van der Waals surface area (Å²) in [6.45, 7) is 1.92. The Labute approximate surface area is 86.1 Å². The number of pyridine rings is 1. The summed E-state index contributed by atoms with van der Waals surface area (Å²) >= 11 is 0. The number of aromatic nitrogens is 1. The molecular formula is C9H11N3O3. The van der Waals surface area contributed by atoms with Crippen molar-refractivity contribution in [2.45, 2.75) is 13.3 Å². The molecule has 0 aliphatic rings. The van der Waals surface area contributed by atoms with Crippen molar-refractivity contribution in [2.75, 3.05) is 11.1 Å². The van der Waals surface area contributed by atoms with Crippen LogP contribution in [0.15, 0.2) is 12.1 Å². The Bertz CT molecular complexity index is 404. The van der Waals surface area contributed by atoms with Crippen LogP contribution >= 0.6 is 0 Å². The monoisotopic (exact) mass is 209 g/mol. The highest BCUT2D eigenvalue weighted by molar-refractivity contribution is 6.36. The standard InChI is InChI=1S/C9H11N3O3/c1-2-5-3-4-6(11-7(5)10)12-8(13)9(14)15/h3-4H,2H2,1H3,(H,14,15)(H3,10,11,12,13). The smallest absolute Gasteiger partial charge is 0.394 e. The molecule has 0 aliphatic heterocycles. The van der Waals surface area contributed by atoms with Gasteiger partial charge in [-0.2, -0.15) is 0 Å². The number of nitrogens with zero attached hydrogens (tertiary/aromatic N) is 1. The Morgan fingerprint density at radius 1 is 1.53 bits per heavy atom. The predicted octanol–water partition coefficient (Wildman–Crippen LogP) is 0.249. The van der Waals surface area contributed by atoms with E-state index in [1.54, 1.807) is 6.07 Å². The fourth-order valence-electron chi connectivity index (χ4n) is 1.04. The third-order valence-electron chi connectivity index (χ3n) is 1.83. The molecule has 0 bridgehead atoms. The third kappa shape index (κ3) is 2.67. The first-order valence-corrected chi connectivity index (χ1v) is 4.34. The zero-order valence-electron chi connectivity index (χ0n) is 8.15. The molecule has 0 saturated heterocycles. The maximum absolute atomic E-state index is 10.8. The van der Waals surface area contributed by atoms with Crippen LogP contribution in [0.4, 0.5) is 11.6 Å². The molecule has 0 unspecified atom stereocenters. The number of nitrogens with one attached hydrogen (secondary N) is 1. The van der Waals surface area contributed by atoms with Gasteiger partial charge in [0.15, 0.2) is 0 Å². The molecule has 0 fully saturated rings. The van der Waals surface area contributed by atoms with Crippen LogP contribution in [0.5, 0.6) is 0 Å². The van der Waals surface area contributed by atoms with Gasteiger partial charge in [0.25, 0.3) is 0 Å². The Morgan fingerprint density at radius 3 is 2.67 bits per heavy atom. The molecule has 1 rings (SSSR count). The van der Waals surface area contributed by atoms with Crippen molar-refractivity contribution in [3.05, 3.63) is 17.7 Å². The largest absolute Gasteiger partial charge is 0.474 e. The summed E-state index contributed by atoms with van der Waals surface area (Å²) in [6, 6.07) is 3.20. The number of nitrogens with two attached hydrogens (primary N) is 1. The van der Waals surface area contributed by atoms with E-state index in [-0.39, 0.29) is 5.82 Å². The maximum atomic E-state index is 10.8. The minimum Gasteiger partial charge on any atom is -0.474 e. The minimum atomic E-state index is -1.56. The number of hydrogen-bond donors (Lipinski definition) is 3. The van der Waals surface area contributed by atoms with Gasteiger partial charge in [0.1, 0.15) is 11.6 Å². The second-order valence-corrected chi connectivity index (χ2v) is 2.85. The van der Waals surface area contributed by atoms with Gasteiger partial charge >= 0.3 is 11.9 Å². The first kappa shape index (κ1) is 11.0. The summed E-state index contributed by atoms with van der Waals surface area (Å²) in [7, 11) is 0. The van der Waals surface area contributed by atoms with Crippen LogP contribution in [0.3, 0.4) is 0 Å². The molecule has 1 amide bonds. The lowest BCUT2D eigenvalue weighted by Gasteiger charge is -2.05. The molecule has 0 aliphatic carbocycles. The Kier molecular flexibility index (Phi) is 3.22. The van der Waals surface area contributed by atoms with E-state index in [2.05, 4.69) is 10.3 Å². The van der Waals surface area contributed by atoms with E-state index < -0.39 is 11.9 Å². The number of carbonyl (C=O) groups is 2. The van der Waals surface area contributed by atoms with Crippen molar-refractivity contribution in [3.8, 4) is 0 Å². The minimum absolute atomic E-state index is 0.136. The topological polar surface area (TPSA) is 105 Å². The number of aliphatic carboxylic acids is 1. The molecule has 6 nitrogen and oxygen atoms in total. The van der Waals surface area contributed by atoms with Crippen molar-refractivity contribution >= 4 is 23.5 Å². The van der Waals surface area contributed by atoms with Gasteiger partial charge in [-0.1, -0.05) is 13.0 Å². The van der Waals surface area contributed by atoms with E-state index in [0.29, 0.717) is 5.82 Å². The highest BCUT2D eigenvalue weighted by atomic mass is 16.4. The number of carboxylic acids is 1. The SMILES string of the molecule is CCc1ccc(NC(=O)C(=O)O)nc1N. The lowest BCUT2D eigenvalue weighted by Crippen LogP contribution is -2.22. The van der Waals surface area contributed by atoms with Crippen molar-refractivity contribution < 1.29 is 14.7 Å². The first-order valence-electron chi connectivity index (χ1n) is 4.34. The molecule has 0 atom stereocenters. The number of carboxylic acid groups (broad SMARTS) is 1. The molecule has 0 aromatic carbocycles. The van der Waals surface area contributed by atoms with Crippen LogP contribution in [0, 0.1) is 0 Å². The van der Waals surface area contributed by atoms with Gasteiger partial charge in [-0.05, 0) is 18.1 Å². The van der Waals surface area contributed by atoms with Gasteiger partial charge in [-0.25, -0.2) is 9.78 Å². The van der Waals surface area contributed by atoms with Gasteiger partial charge in [-0.15, -0.1) is 0 Å². The van der Waals surface area contributed by atoms with Crippen molar-refractivity contribution in [2.24, 2.45) is 0 Å². The van der Waals surface area contributed by atoms with Gasteiger partial charge < -0.3 is 16.2 Å². The highest BCUT2D eigenvalue weighted by Crippen LogP contribution is 2.13. The van der Waals surface area contributed by atoms with Gasteiger partial charge in [-0.3, -0.25) is 4.79 Å². The van der Waals surface area contributed by atoms with Crippen LogP contribution in [-0.2, 0) is 16.0 Å². The molecule has 1 aromatic heterocycles. The second kappa shape index (κ2) is 4.41. The number of anilines is 2. The summed E-state index contributed by atoms with van der Waals surface area (Å²) in [4.78, 5) is 24.9. The van der Waals surface area contributed by atoms with E-state index in [1.165, 1.54) is 6.07 Å². The molecular weight excluding hydrogens is 198 g/mol. The van der Waals surface area contributed by atoms with E-state index >= 15 is 0 Å². The average Bonchev–Trinajstić information content (AvgIpc) is 2.18.